The number of sulfonamides is 1. The van der Waals surface area contributed by atoms with Crippen LogP contribution in [0.4, 0.5) is 0 Å². The Kier molecular flexibility index (Phi) is 6.47. The highest BCUT2D eigenvalue weighted by Crippen LogP contribution is 2.39. The van der Waals surface area contributed by atoms with Gasteiger partial charge in [-0.1, -0.05) is 12.1 Å². The van der Waals surface area contributed by atoms with Crippen molar-refractivity contribution in [1.29, 1.82) is 0 Å². The van der Waals surface area contributed by atoms with Crippen LogP contribution in [-0.4, -0.2) is 50.0 Å². The summed E-state index contributed by atoms with van der Waals surface area (Å²) in [6, 6.07) is 13.2. The van der Waals surface area contributed by atoms with Gasteiger partial charge < -0.3 is 14.3 Å². The molecule has 1 aliphatic rings. The fraction of sp³-hybridized carbons (Fsp3) is 0.269. The predicted molar refractivity (Wildman–Crippen MR) is 142 cm³/mol. The molecule has 0 unspecified atom stereocenters. The average molecular weight is 542 g/mol. The van der Waals surface area contributed by atoms with Crippen LogP contribution in [-0.2, 0) is 32.7 Å². The number of rotatable bonds is 7. The summed E-state index contributed by atoms with van der Waals surface area (Å²) in [4.78, 5) is 15.8. The number of H-pyrrole nitrogens is 1. The molecule has 9 nitrogen and oxygen atoms in total. The van der Waals surface area contributed by atoms with E-state index in [0.717, 1.165) is 12.8 Å². The number of sulfone groups is 1. The molecule has 0 atom stereocenters. The lowest BCUT2D eigenvalue weighted by atomic mass is 10.0. The molecule has 194 valence electrons. The molecule has 1 saturated heterocycles. The number of ether oxygens (including phenoxy) is 1. The number of aryl methyl sites for hydroxylation is 1. The number of nitrogens with one attached hydrogen (secondary N) is 1. The van der Waals surface area contributed by atoms with Crippen LogP contribution >= 0.6 is 0 Å². The van der Waals surface area contributed by atoms with Gasteiger partial charge in [0.2, 0.25) is 10.0 Å². The van der Waals surface area contributed by atoms with Crippen molar-refractivity contribution < 1.29 is 21.6 Å². The molecule has 1 fully saturated rings. The van der Waals surface area contributed by atoms with E-state index < -0.39 is 19.9 Å². The molecule has 0 saturated carbocycles. The third kappa shape index (κ3) is 5.07. The molecule has 0 bridgehead atoms. The van der Waals surface area contributed by atoms with Crippen molar-refractivity contribution in [3.8, 4) is 22.6 Å². The number of hydrogen-bond acceptors (Lipinski definition) is 6. The molecule has 1 N–H and O–H groups in total. The van der Waals surface area contributed by atoms with E-state index in [1.54, 1.807) is 61.9 Å². The molecule has 2 aromatic carbocycles. The fourth-order valence-electron chi connectivity index (χ4n) is 4.61. The highest BCUT2D eigenvalue weighted by molar-refractivity contribution is 7.90. The van der Waals surface area contributed by atoms with Crippen LogP contribution in [0.1, 0.15) is 18.4 Å². The minimum atomic E-state index is -3.70. The molecule has 3 heterocycles. The van der Waals surface area contributed by atoms with Gasteiger partial charge in [0.1, 0.15) is 17.0 Å². The van der Waals surface area contributed by atoms with Crippen molar-refractivity contribution in [3.05, 3.63) is 76.8 Å². The van der Waals surface area contributed by atoms with E-state index in [1.165, 1.54) is 21.2 Å². The Hall–Kier alpha value is -3.41. The fourth-order valence-corrected chi connectivity index (χ4v) is 6.96. The van der Waals surface area contributed by atoms with Crippen LogP contribution in [0, 0.1) is 0 Å². The Balaban J connectivity index is 1.63. The van der Waals surface area contributed by atoms with Crippen molar-refractivity contribution >= 4 is 30.8 Å². The molecule has 11 heteroatoms. The summed E-state index contributed by atoms with van der Waals surface area (Å²) in [5, 5.41) is 0.646. The largest absolute Gasteiger partial charge is 0.457 e. The van der Waals surface area contributed by atoms with Crippen molar-refractivity contribution in [2.24, 2.45) is 7.05 Å². The second-order valence-electron chi connectivity index (χ2n) is 9.31. The maximum Gasteiger partial charge on any atom is 0.274 e. The summed E-state index contributed by atoms with van der Waals surface area (Å²) in [5.41, 5.74) is 1.99. The summed E-state index contributed by atoms with van der Waals surface area (Å²) in [5.74, 6) is 0.784. The van der Waals surface area contributed by atoms with E-state index in [0.29, 0.717) is 52.2 Å². The third-order valence-electron chi connectivity index (χ3n) is 6.42. The lowest BCUT2D eigenvalue weighted by Gasteiger charge is -2.18. The van der Waals surface area contributed by atoms with Crippen LogP contribution in [0.5, 0.6) is 11.5 Å². The standard InChI is InChI=1S/C26H27N3O6S2/c1-28-16-23(21-11-12-27-25(21)26(28)30)22-15-20(37(33,34)29-13-3-4-14-29)9-10-24(22)35-19-7-5-18(6-8-19)17-36(2,31)32/h5-12,15-16,27H,3-4,13-14,17H2,1-2H3. The Labute approximate surface area is 215 Å². The molecular weight excluding hydrogens is 514 g/mol. The Bertz CT molecular complexity index is 1750. The van der Waals surface area contributed by atoms with Crippen molar-refractivity contribution in [1.82, 2.24) is 13.9 Å². The van der Waals surface area contributed by atoms with Gasteiger partial charge in [-0.2, -0.15) is 4.31 Å². The van der Waals surface area contributed by atoms with Crippen LogP contribution in [0.2, 0.25) is 0 Å². The van der Waals surface area contributed by atoms with Crippen LogP contribution < -0.4 is 10.3 Å². The van der Waals surface area contributed by atoms with Crippen molar-refractivity contribution in [2.75, 3.05) is 19.3 Å². The first-order chi connectivity index (χ1) is 17.5. The summed E-state index contributed by atoms with van der Waals surface area (Å²) in [6.45, 7) is 0.968. The summed E-state index contributed by atoms with van der Waals surface area (Å²) in [6.07, 6.45) is 6.17. The monoisotopic (exact) mass is 541 g/mol. The summed E-state index contributed by atoms with van der Waals surface area (Å²) >= 11 is 0. The highest BCUT2D eigenvalue weighted by atomic mass is 32.2. The van der Waals surface area contributed by atoms with Gasteiger partial charge in [-0.3, -0.25) is 4.79 Å². The van der Waals surface area contributed by atoms with E-state index in [1.807, 2.05) is 0 Å². The van der Waals surface area contributed by atoms with E-state index >= 15 is 0 Å². The highest BCUT2D eigenvalue weighted by Gasteiger charge is 2.28. The van der Waals surface area contributed by atoms with Gasteiger partial charge in [0.25, 0.3) is 5.56 Å². The number of nitrogens with zero attached hydrogens (tertiary/aromatic N) is 2. The van der Waals surface area contributed by atoms with E-state index in [2.05, 4.69) is 4.98 Å². The van der Waals surface area contributed by atoms with Gasteiger partial charge in [-0.05, 0) is 54.8 Å². The minimum absolute atomic E-state index is 0.0783. The van der Waals surface area contributed by atoms with E-state index in [-0.39, 0.29) is 16.2 Å². The molecule has 5 rings (SSSR count). The molecule has 37 heavy (non-hydrogen) atoms. The number of pyridine rings is 1. The minimum Gasteiger partial charge on any atom is -0.457 e. The second-order valence-corrected chi connectivity index (χ2v) is 13.4. The lowest BCUT2D eigenvalue weighted by Crippen LogP contribution is -2.27. The topological polar surface area (TPSA) is 119 Å². The first kappa shape index (κ1) is 25.2. The van der Waals surface area contributed by atoms with Gasteiger partial charge in [-0.25, -0.2) is 16.8 Å². The molecule has 0 aliphatic carbocycles. The zero-order valence-electron chi connectivity index (χ0n) is 20.5. The summed E-state index contributed by atoms with van der Waals surface area (Å²) < 4.78 is 59.0. The quantitative estimate of drug-likeness (QED) is 0.382. The molecular formula is C26H27N3O6S2. The van der Waals surface area contributed by atoms with E-state index in [9.17, 15) is 21.6 Å². The molecule has 0 amide bonds. The SMILES string of the molecule is Cn1cc(-c2cc(S(=O)(=O)N3CCCC3)ccc2Oc2ccc(CS(C)(=O)=O)cc2)c2cc[nH]c2c1=O. The summed E-state index contributed by atoms with van der Waals surface area (Å²) in [7, 11) is -5.23. The first-order valence-corrected chi connectivity index (χ1v) is 15.3. The van der Waals surface area contributed by atoms with E-state index in [4.69, 9.17) is 4.74 Å². The average Bonchev–Trinajstić information content (AvgIpc) is 3.55. The van der Waals surface area contributed by atoms with Crippen LogP contribution in [0.15, 0.2) is 70.6 Å². The Morgan fingerprint density at radius 3 is 2.32 bits per heavy atom. The molecule has 0 radical (unpaired) electrons. The van der Waals surface area contributed by atoms with Gasteiger partial charge in [0.05, 0.1) is 10.6 Å². The maximum absolute atomic E-state index is 13.3. The number of aromatic nitrogens is 2. The number of benzene rings is 2. The molecule has 4 aromatic rings. The van der Waals surface area contributed by atoms with Crippen molar-refractivity contribution in [3.63, 3.8) is 0 Å². The lowest BCUT2D eigenvalue weighted by molar-refractivity contribution is 0.475. The number of aromatic amines is 1. The Morgan fingerprint density at radius 2 is 1.65 bits per heavy atom. The van der Waals surface area contributed by atoms with Gasteiger partial charge in [0.15, 0.2) is 9.84 Å². The van der Waals surface area contributed by atoms with Crippen LogP contribution in [0.3, 0.4) is 0 Å². The predicted octanol–water partition coefficient (Wildman–Crippen LogP) is 3.66. The van der Waals surface area contributed by atoms with Gasteiger partial charge in [0, 0.05) is 55.3 Å². The normalized spacial score (nSPS) is 14.9. The zero-order chi connectivity index (χ0) is 26.4. The first-order valence-electron chi connectivity index (χ1n) is 11.8. The van der Waals surface area contributed by atoms with Crippen LogP contribution in [0.25, 0.3) is 22.0 Å². The second kappa shape index (κ2) is 9.47. The Morgan fingerprint density at radius 1 is 0.946 bits per heavy atom. The zero-order valence-corrected chi connectivity index (χ0v) is 22.1. The molecule has 1 aliphatic heterocycles. The number of hydrogen-bond donors (Lipinski definition) is 1. The molecule has 2 aromatic heterocycles. The third-order valence-corrected chi connectivity index (χ3v) is 9.17. The van der Waals surface area contributed by atoms with Crippen molar-refractivity contribution in [2.45, 2.75) is 23.5 Å². The van der Waals surface area contributed by atoms with Gasteiger partial charge >= 0.3 is 0 Å². The number of fused-ring (bicyclic) bond motifs is 1. The maximum atomic E-state index is 13.3. The smallest absolute Gasteiger partial charge is 0.274 e. The van der Waals surface area contributed by atoms with Gasteiger partial charge in [-0.15, -0.1) is 0 Å². The molecule has 0 spiro atoms.